The van der Waals surface area contributed by atoms with Crippen LogP contribution in [0.25, 0.3) is 0 Å². The van der Waals surface area contributed by atoms with E-state index < -0.39 is 0 Å². The van der Waals surface area contributed by atoms with Crippen LogP contribution in [-0.2, 0) is 24.8 Å². The van der Waals surface area contributed by atoms with Gasteiger partial charge in [-0.1, -0.05) is 6.08 Å². The molecule has 3 heterocycles. The third-order valence-corrected chi connectivity index (χ3v) is 4.82. The Morgan fingerprint density at radius 3 is 3.14 bits per heavy atom. The molecule has 3 rings (SSSR count). The number of likely N-dealkylation sites (tertiary alicyclic amines) is 1. The zero-order chi connectivity index (χ0) is 15.4. The highest BCUT2D eigenvalue weighted by molar-refractivity contribution is 7.09. The van der Waals surface area contributed by atoms with Crippen LogP contribution in [0.3, 0.4) is 0 Å². The first-order valence-electron chi connectivity index (χ1n) is 7.58. The van der Waals surface area contributed by atoms with Gasteiger partial charge in [0.15, 0.2) is 0 Å². The lowest BCUT2D eigenvalue weighted by Crippen LogP contribution is -2.37. The van der Waals surface area contributed by atoms with E-state index in [1.807, 2.05) is 35.6 Å². The van der Waals surface area contributed by atoms with Crippen LogP contribution < -0.4 is 0 Å². The number of rotatable bonds is 7. The Bertz CT molecular complexity index is 595. The van der Waals surface area contributed by atoms with Gasteiger partial charge in [0.25, 0.3) is 0 Å². The summed E-state index contributed by atoms with van der Waals surface area (Å²) in [4.78, 5) is 6.90. The normalized spacial score (nSPS) is 22.2. The topological polar surface area (TPSA) is 43.2 Å². The molecule has 0 unspecified atom stereocenters. The van der Waals surface area contributed by atoms with Gasteiger partial charge >= 0.3 is 0 Å². The summed E-state index contributed by atoms with van der Waals surface area (Å²) >= 11 is 1.72. The van der Waals surface area contributed by atoms with E-state index in [2.05, 4.69) is 27.8 Å². The molecule has 118 valence electrons. The highest BCUT2D eigenvalue weighted by atomic mass is 32.1. The van der Waals surface area contributed by atoms with Crippen molar-refractivity contribution in [2.45, 2.75) is 31.5 Å². The summed E-state index contributed by atoms with van der Waals surface area (Å²) in [6.07, 6.45) is 10.0. The lowest BCUT2D eigenvalue weighted by Gasteiger charge is -2.27. The molecule has 1 aliphatic rings. The maximum absolute atomic E-state index is 5.99. The summed E-state index contributed by atoms with van der Waals surface area (Å²) in [5.74, 6) is 0. The lowest BCUT2D eigenvalue weighted by atomic mass is 10.0. The van der Waals surface area contributed by atoms with Gasteiger partial charge in [0.1, 0.15) is 5.01 Å². The fourth-order valence-corrected chi connectivity index (χ4v) is 3.69. The molecule has 2 aromatic rings. The Morgan fingerprint density at radius 2 is 2.45 bits per heavy atom. The smallest absolute Gasteiger partial charge is 0.107 e. The first-order chi connectivity index (χ1) is 10.8. The molecule has 0 spiro atoms. The zero-order valence-corrected chi connectivity index (χ0v) is 13.7. The fraction of sp³-hybridized carbons (Fsp3) is 0.500. The second kappa shape index (κ2) is 7.17. The van der Waals surface area contributed by atoms with E-state index in [1.54, 1.807) is 11.3 Å². The summed E-state index contributed by atoms with van der Waals surface area (Å²) in [6, 6.07) is 0.369. The van der Waals surface area contributed by atoms with Crippen LogP contribution in [0.5, 0.6) is 0 Å². The van der Waals surface area contributed by atoms with Gasteiger partial charge in [0.05, 0.1) is 25.5 Å². The first-order valence-corrected chi connectivity index (χ1v) is 8.46. The molecule has 22 heavy (non-hydrogen) atoms. The number of aromatic nitrogens is 3. The Morgan fingerprint density at radius 1 is 1.55 bits per heavy atom. The summed E-state index contributed by atoms with van der Waals surface area (Å²) in [7, 11) is 1.96. The molecule has 2 aromatic heterocycles. The molecule has 6 heteroatoms. The van der Waals surface area contributed by atoms with E-state index >= 15 is 0 Å². The Labute approximate surface area is 135 Å². The second-order valence-corrected chi connectivity index (χ2v) is 6.62. The number of hydrogen-bond acceptors (Lipinski definition) is 5. The summed E-state index contributed by atoms with van der Waals surface area (Å²) < 4.78 is 7.85. The number of ether oxygens (including phenoxy) is 1. The predicted molar refractivity (Wildman–Crippen MR) is 87.8 cm³/mol. The van der Waals surface area contributed by atoms with Crippen molar-refractivity contribution >= 4 is 11.3 Å². The van der Waals surface area contributed by atoms with E-state index in [0.29, 0.717) is 12.6 Å². The maximum Gasteiger partial charge on any atom is 0.107 e. The van der Waals surface area contributed by atoms with Crippen LogP contribution in [-0.4, -0.2) is 45.0 Å². The molecule has 0 aromatic carbocycles. The molecule has 1 fully saturated rings. The number of aryl methyl sites for hydroxylation is 1. The summed E-state index contributed by atoms with van der Waals surface area (Å²) in [5.41, 5.74) is 1.26. The van der Waals surface area contributed by atoms with Crippen molar-refractivity contribution < 1.29 is 4.74 Å². The quantitative estimate of drug-likeness (QED) is 0.735. The van der Waals surface area contributed by atoms with Crippen LogP contribution in [0.15, 0.2) is 36.6 Å². The van der Waals surface area contributed by atoms with E-state index in [9.17, 15) is 0 Å². The minimum absolute atomic E-state index is 0.248. The molecular weight excluding hydrogens is 296 g/mol. The summed E-state index contributed by atoms with van der Waals surface area (Å²) in [5, 5.41) is 7.48. The molecule has 0 amide bonds. The van der Waals surface area contributed by atoms with Crippen molar-refractivity contribution in [3.05, 3.63) is 47.2 Å². The van der Waals surface area contributed by atoms with Gasteiger partial charge in [0.2, 0.25) is 0 Å². The Hall–Kier alpha value is -1.50. The zero-order valence-electron chi connectivity index (χ0n) is 12.9. The fourth-order valence-electron chi connectivity index (χ4n) is 3.05. The van der Waals surface area contributed by atoms with Crippen LogP contribution >= 0.6 is 11.3 Å². The van der Waals surface area contributed by atoms with Crippen molar-refractivity contribution in [2.75, 3.05) is 13.2 Å². The first kappa shape index (κ1) is 15.4. The third kappa shape index (κ3) is 3.63. The minimum atomic E-state index is 0.248. The van der Waals surface area contributed by atoms with Gasteiger partial charge in [-0.3, -0.25) is 9.58 Å². The van der Waals surface area contributed by atoms with Gasteiger partial charge in [-0.15, -0.1) is 17.9 Å². The van der Waals surface area contributed by atoms with Gasteiger partial charge in [-0.25, -0.2) is 4.98 Å². The Balaban J connectivity index is 1.71. The molecule has 2 atom stereocenters. The molecule has 0 bridgehead atoms. The molecule has 0 saturated carbocycles. The highest BCUT2D eigenvalue weighted by Crippen LogP contribution is 2.26. The molecule has 0 radical (unpaired) electrons. The largest absolute Gasteiger partial charge is 0.372 e. The van der Waals surface area contributed by atoms with E-state index in [4.69, 9.17) is 4.74 Å². The lowest BCUT2D eigenvalue weighted by molar-refractivity contribution is 0.0421. The minimum Gasteiger partial charge on any atom is -0.372 e. The molecule has 1 saturated heterocycles. The van der Waals surface area contributed by atoms with Crippen LogP contribution in [0.2, 0.25) is 0 Å². The van der Waals surface area contributed by atoms with Crippen molar-refractivity contribution in [3.63, 3.8) is 0 Å². The third-order valence-electron chi connectivity index (χ3n) is 4.05. The summed E-state index contributed by atoms with van der Waals surface area (Å²) in [6.45, 7) is 6.31. The average molecular weight is 318 g/mol. The molecule has 5 nitrogen and oxygen atoms in total. The number of thiazole rings is 1. The van der Waals surface area contributed by atoms with Crippen LogP contribution in [0.1, 0.15) is 17.0 Å². The molecule has 1 aliphatic heterocycles. The average Bonchev–Trinajstić information content (AvgIpc) is 3.22. The molecular formula is C16H22N4OS. The van der Waals surface area contributed by atoms with Gasteiger partial charge in [-0.05, 0) is 18.4 Å². The SMILES string of the molecule is C=CCO[C@H]1CCN(Cc2nccs2)[C@@H]1Cc1cnn(C)c1. The predicted octanol–water partition coefficient (Wildman–Crippen LogP) is 2.26. The van der Waals surface area contributed by atoms with Gasteiger partial charge in [-0.2, -0.15) is 5.10 Å². The van der Waals surface area contributed by atoms with Crippen molar-refractivity contribution in [2.24, 2.45) is 7.05 Å². The van der Waals surface area contributed by atoms with Crippen molar-refractivity contribution in [3.8, 4) is 0 Å². The number of nitrogens with zero attached hydrogens (tertiary/aromatic N) is 4. The van der Waals surface area contributed by atoms with Crippen LogP contribution in [0, 0.1) is 0 Å². The van der Waals surface area contributed by atoms with Crippen molar-refractivity contribution in [1.29, 1.82) is 0 Å². The second-order valence-electron chi connectivity index (χ2n) is 5.64. The maximum atomic E-state index is 5.99. The Kier molecular flexibility index (Phi) is 5.02. The molecule has 0 aliphatic carbocycles. The van der Waals surface area contributed by atoms with E-state index in [-0.39, 0.29) is 6.10 Å². The monoisotopic (exact) mass is 318 g/mol. The van der Waals surface area contributed by atoms with Crippen molar-refractivity contribution in [1.82, 2.24) is 19.7 Å². The molecule has 0 N–H and O–H groups in total. The van der Waals surface area contributed by atoms with Crippen LogP contribution in [0.4, 0.5) is 0 Å². The highest BCUT2D eigenvalue weighted by Gasteiger charge is 2.35. The van der Waals surface area contributed by atoms with E-state index in [1.165, 1.54) is 10.6 Å². The van der Waals surface area contributed by atoms with Gasteiger partial charge in [0, 0.05) is 37.4 Å². The number of hydrogen-bond donors (Lipinski definition) is 0. The van der Waals surface area contributed by atoms with Gasteiger partial charge < -0.3 is 4.74 Å². The van der Waals surface area contributed by atoms with E-state index in [0.717, 1.165) is 25.9 Å². The standard InChI is InChI=1S/C16H22N4OS/c1-3-7-21-15-4-6-20(12-16-17-5-8-22-16)14(15)9-13-10-18-19(2)11-13/h3,5,8,10-11,14-15H,1,4,6-7,9,12H2,2H3/t14-,15+/m1/s1.